The van der Waals surface area contributed by atoms with Crippen LogP contribution in [0.4, 0.5) is 0 Å². The summed E-state index contributed by atoms with van der Waals surface area (Å²) in [7, 11) is -1.10. The summed E-state index contributed by atoms with van der Waals surface area (Å²) in [6.45, 7) is 10.9. The Morgan fingerprint density at radius 3 is 2.27 bits per heavy atom. The minimum atomic E-state index is -1.10. The first kappa shape index (κ1) is 24.5. The molecule has 0 bridgehead atoms. The maximum atomic E-state index is 9.78. The standard InChI is InChI=1S/C15H23NO3.C4H11BO2/c1-4-9-18-14-7-5-6-8-15(14)19-11-13(17)10-16-12(2)3;1-2-3-4-5(6)7/h4-8,12-13,16-17H,1,9-11H2,2-3H3;6-7H,2-4H2,1H3. The summed E-state index contributed by atoms with van der Waals surface area (Å²) in [6.07, 6.45) is 3.57. The molecule has 148 valence electrons. The lowest BCUT2D eigenvalue weighted by Gasteiger charge is -2.16. The molecular formula is C19H34BNO5. The molecule has 1 aromatic carbocycles. The van der Waals surface area contributed by atoms with Gasteiger partial charge in [-0.1, -0.05) is 58.4 Å². The van der Waals surface area contributed by atoms with Crippen molar-refractivity contribution in [2.24, 2.45) is 0 Å². The Balaban J connectivity index is 0.000000758. The zero-order valence-electron chi connectivity index (χ0n) is 16.2. The first-order valence-corrected chi connectivity index (χ1v) is 9.13. The Hall–Kier alpha value is -1.54. The summed E-state index contributed by atoms with van der Waals surface area (Å²) >= 11 is 0. The molecule has 0 heterocycles. The molecule has 0 aromatic heterocycles. The van der Waals surface area contributed by atoms with E-state index in [1.54, 1.807) is 6.08 Å². The van der Waals surface area contributed by atoms with E-state index in [2.05, 4.69) is 11.9 Å². The van der Waals surface area contributed by atoms with E-state index >= 15 is 0 Å². The lowest BCUT2D eigenvalue weighted by atomic mass is 9.84. The number of para-hydroxylation sites is 2. The summed E-state index contributed by atoms with van der Waals surface area (Å²) in [5.74, 6) is 1.29. The van der Waals surface area contributed by atoms with Crippen LogP contribution in [0.25, 0.3) is 0 Å². The number of hydrogen-bond acceptors (Lipinski definition) is 6. The van der Waals surface area contributed by atoms with Gasteiger partial charge >= 0.3 is 7.12 Å². The van der Waals surface area contributed by atoms with Gasteiger partial charge in [0, 0.05) is 12.6 Å². The molecule has 1 rings (SSSR count). The highest BCUT2D eigenvalue weighted by atomic mass is 16.5. The minimum Gasteiger partial charge on any atom is -0.487 e. The zero-order valence-corrected chi connectivity index (χ0v) is 16.2. The van der Waals surface area contributed by atoms with Crippen molar-refractivity contribution in [3.05, 3.63) is 36.9 Å². The van der Waals surface area contributed by atoms with Gasteiger partial charge in [0.1, 0.15) is 19.3 Å². The van der Waals surface area contributed by atoms with E-state index in [0.717, 1.165) is 12.8 Å². The van der Waals surface area contributed by atoms with Gasteiger partial charge in [-0.15, -0.1) is 0 Å². The highest BCUT2D eigenvalue weighted by Crippen LogP contribution is 2.26. The molecule has 4 N–H and O–H groups in total. The normalized spacial score (nSPS) is 11.3. The third-order valence-electron chi connectivity index (χ3n) is 3.21. The van der Waals surface area contributed by atoms with Crippen molar-refractivity contribution in [2.75, 3.05) is 19.8 Å². The molecule has 6 nitrogen and oxygen atoms in total. The van der Waals surface area contributed by atoms with Gasteiger partial charge in [-0.2, -0.15) is 0 Å². The van der Waals surface area contributed by atoms with E-state index in [4.69, 9.17) is 19.5 Å². The zero-order chi connectivity index (χ0) is 19.8. The van der Waals surface area contributed by atoms with E-state index in [0.29, 0.717) is 37.0 Å². The minimum absolute atomic E-state index is 0.230. The number of rotatable bonds is 12. The molecule has 0 saturated heterocycles. The first-order chi connectivity index (χ1) is 12.4. The number of aliphatic hydroxyl groups is 1. The fourth-order valence-corrected chi connectivity index (χ4v) is 1.84. The van der Waals surface area contributed by atoms with E-state index in [-0.39, 0.29) is 6.61 Å². The fourth-order valence-electron chi connectivity index (χ4n) is 1.84. The maximum absolute atomic E-state index is 9.78. The molecule has 26 heavy (non-hydrogen) atoms. The molecule has 1 atom stereocenters. The summed E-state index contributed by atoms with van der Waals surface area (Å²) in [6, 6.07) is 7.74. The quantitative estimate of drug-likeness (QED) is 0.335. The maximum Gasteiger partial charge on any atom is 0.451 e. The molecule has 1 aromatic rings. The van der Waals surface area contributed by atoms with Gasteiger partial charge in [0.25, 0.3) is 0 Å². The van der Waals surface area contributed by atoms with Gasteiger partial charge in [-0.05, 0) is 18.5 Å². The van der Waals surface area contributed by atoms with Crippen LogP contribution >= 0.6 is 0 Å². The number of aliphatic hydroxyl groups excluding tert-OH is 1. The van der Waals surface area contributed by atoms with Crippen LogP contribution in [0.15, 0.2) is 36.9 Å². The average molecular weight is 367 g/mol. The molecule has 1 unspecified atom stereocenters. The molecule has 0 fully saturated rings. The van der Waals surface area contributed by atoms with Gasteiger partial charge in [-0.3, -0.25) is 0 Å². The summed E-state index contributed by atoms with van der Waals surface area (Å²) < 4.78 is 11.1. The topological polar surface area (TPSA) is 91.2 Å². The summed E-state index contributed by atoms with van der Waals surface area (Å²) in [5, 5.41) is 29.4. The van der Waals surface area contributed by atoms with Crippen molar-refractivity contribution in [1.29, 1.82) is 0 Å². The van der Waals surface area contributed by atoms with Crippen molar-refractivity contribution < 1.29 is 24.6 Å². The van der Waals surface area contributed by atoms with Crippen molar-refractivity contribution in [2.45, 2.75) is 52.1 Å². The largest absolute Gasteiger partial charge is 0.487 e. The monoisotopic (exact) mass is 367 g/mol. The Morgan fingerprint density at radius 2 is 1.81 bits per heavy atom. The predicted molar refractivity (Wildman–Crippen MR) is 107 cm³/mol. The van der Waals surface area contributed by atoms with Crippen LogP contribution in [0.1, 0.15) is 33.6 Å². The van der Waals surface area contributed by atoms with Crippen molar-refractivity contribution in [3.8, 4) is 11.5 Å². The predicted octanol–water partition coefficient (Wildman–Crippen LogP) is 2.25. The van der Waals surface area contributed by atoms with Gasteiger partial charge in [-0.25, -0.2) is 0 Å². The van der Waals surface area contributed by atoms with Gasteiger partial charge in [0.15, 0.2) is 11.5 Å². The highest BCUT2D eigenvalue weighted by molar-refractivity contribution is 6.40. The number of hydrogen-bond donors (Lipinski definition) is 4. The van der Waals surface area contributed by atoms with Crippen molar-refractivity contribution in [3.63, 3.8) is 0 Å². The highest BCUT2D eigenvalue weighted by Gasteiger charge is 2.09. The summed E-state index contributed by atoms with van der Waals surface area (Å²) in [4.78, 5) is 0. The van der Waals surface area contributed by atoms with Gasteiger partial charge in [0.2, 0.25) is 0 Å². The molecule has 0 aliphatic carbocycles. The molecule has 0 aliphatic rings. The summed E-state index contributed by atoms with van der Waals surface area (Å²) in [5.41, 5.74) is 0. The smallest absolute Gasteiger partial charge is 0.451 e. The number of benzene rings is 1. The first-order valence-electron chi connectivity index (χ1n) is 9.13. The van der Waals surface area contributed by atoms with Crippen LogP contribution in [0.2, 0.25) is 6.32 Å². The molecule has 0 saturated carbocycles. The van der Waals surface area contributed by atoms with E-state index in [9.17, 15) is 5.11 Å². The Bertz CT molecular complexity index is 471. The second-order valence-electron chi connectivity index (χ2n) is 6.20. The van der Waals surface area contributed by atoms with E-state index < -0.39 is 13.2 Å². The second-order valence-corrected chi connectivity index (χ2v) is 6.20. The van der Waals surface area contributed by atoms with E-state index in [1.807, 2.05) is 45.0 Å². The molecular weight excluding hydrogens is 333 g/mol. The molecule has 0 radical (unpaired) electrons. The van der Waals surface area contributed by atoms with Crippen LogP contribution in [-0.4, -0.2) is 54.2 Å². The second kappa shape index (κ2) is 15.7. The molecule has 0 spiro atoms. The number of ether oxygens (including phenoxy) is 2. The average Bonchev–Trinajstić information content (AvgIpc) is 2.62. The number of nitrogens with one attached hydrogen (secondary N) is 1. The van der Waals surface area contributed by atoms with E-state index in [1.165, 1.54) is 0 Å². The van der Waals surface area contributed by atoms with Crippen LogP contribution in [0.3, 0.4) is 0 Å². The van der Waals surface area contributed by atoms with Crippen molar-refractivity contribution in [1.82, 2.24) is 5.32 Å². The van der Waals surface area contributed by atoms with Gasteiger partial charge in [0.05, 0.1) is 0 Å². The SMILES string of the molecule is C=CCOc1ccccc1OCC(O)CNC(C)C.CCCCB(O)O. The Morgan fingerprint density at radius 1 is 1.19 bits per heavy atom. The van der Waals surface area contributed by atoms with Crippen LogP contribution in [0.5, 0.6) is 11.5 Å². The third kappa shape index (κ3) is 13.7. The van der Waals surface area contributed by atoms with Crippen LogP contribution < -0.4 is 14.8 Å². The van der Waals surface area contributed by atoms with Crippen molar-refractivity contribution >= 4 is 7.12 Å². The number of unbranched alkanes of at least 4 members (excludes halogenated alkanes) is 1. The van der Waals surface area contributed by atoms with Crippen LogP contribution in [0, 0.1) is 0 Å². The van der Waals surface area contributed by atoms with Crippen LogP contribution in [-0.2, 0) is 0 Å². The Kier molecular flexibility index (Phi) is 14.8. The molecule has 0 amide bonds. The lowest BCUT2D eigenvalue weighted by molar-refractivity contribution is 0.102. The Labute approximate surface area is 158 Å². The molecule has 0 aliphatic heterocycles. The lowest BCUT2D eigenvalue weighted by Crippen LogP contribution is -2.35. The fraction of sp³-hybridized carbons (Fsp3) is 0.579. The molecule has 7 heteroatoms. The third-order valence-corrected chi connectivity index (χ3v) is 3.21. The van der Waals surface area contributed by atoms with Gasteiger partial charge < -0.3 is 29.9 Å².